The lowest BCUT2D eigenvalue weighted by atomic mass is 9.93. The Hall–Kier alpha value is -0.910. The average Bonchev–Trinajstić information content (AvgIpc) is 2.98. The van der Waals surface area contributed by atoms with Crippen LogP contribution in [0.5, 0.6) is 0 Å². The zero-order valence-corrected chi connectivity index (χ0v) is 13.4. The van der Waals surface area contributed by atoms with Crippen molar-refractivity contribution in [2.24, 2.45) is 0 Å². The second-order valence-electron chi connectivity index (χ2n) is 7.13. The molecule has 21 heavy (non-hydrogen) atoms. The Labute approximate surface area is 127 Å². The monoisotopic (exact) mass is 293 g/mol. The molecule has 0 radical (unpaired) electrons. The predicted molar refractivity (Wildman–Crippen MR) is 81.4 cm³/mol. The molecule has 0 spiro atoms. The molecule has 118 valence electrons. The Bertz CT molecular complexity index is 460. The van der Waals surface area contributed by atoms with E-state index in [1.54, 1.807) is 0 Å². The van der Waals surface area contributed by atoms with Gasteiger partial charge in [-0.05, 0) is 25.9 Å². The fourth-order valence-electron chi connectivity index (χ4n) is 3.19. The second kappa shape index (κ2) is 6.07. The molecule has 5 heteroatoms. The summed E-state index contributed by atoms with van der Waals surface area (Å²) in [6.45, 7) is 11.2. The Balaban J connectivity index is 1.78. The second-order valence-corrected chi connectivity index (χ2v) is 7.13. The molecule has 1 aromatic heterocycles. The van der Waals surface area contributed by atoms with E-state index in [9.17, 15) is 0 Å². The van der Waals surface area contributed by atoms with Gasteiger partial charge < -0.3 is 14.5 Å². The third-order valence-corrected chi connectivity index (χ3v) is 4.52. The van der Waals surface area contributed by atoms with Crippen molar-refractivity contribution in [2.45, 2.75) is 51.1 Å². The summed E-state index contributed by atoms with van der Waals surface area (Å²) in [6, 6.07) is 0.781. The summed E-state index contributed by atoms with van der Waals surface area (Å²) in [7, 11) is 0. The van der Waals surface area contributed by atoms with E-state index in [-0.39, 0.29) is 11.5 Å². The van der Waals surface area contributed by atoms with Gasteiger partial charge in [0.05, 0.1) is 18.9 Å². The van der Waals surface area contributed by atoms with Crippen LogP contribution in [0.2, 0.25) is 0 Å². The van der Waals surface area contributed by atoms with E-state index < -0.39 is 0 Å². The first-order valence-electron chi connectivity index (χ1n) is 8.06. The smallest absolute Gasteiger partial charge is 0.214 e. The van der Waals surface area contributed by atoms with Crippen molar-refractivity contribution in [1.82, 2.24) is 15.2 Å². The maximum Gasteiger partial charge on any atom is 0.214 e. The lowest BCUT2D eigenvalue weighted by molar-refractivity contribution is -0.0448. The van der Waals surface area contributed by atoms with Crippen molar-refractivity contribution >= 4 is 0 Å². The summed E-state index contributed by atoms with van der Waals surface area (Å²) in [4.78, 5) is 7.29. The molecule has 0 bridgehead atoms. The molecule has 1 unspecified atom stereocenters. The van der Waals surface area contributed by atoms with E-state index in [1.165, 1.54) is 12.8 Å². The molecule has 2 aliphatic rings. The Kier molecular flexibility index (Phi) is 4.33. The Morgan fingerprint density at radius 3 is 2.71 bits per heavy atom. The lowest BCUT2D eigenvalue weighted by Crippen LogP contribution is -2.49. The summed E-state index contributed by atoms with van der Waals surface area (Å²) < 4.78 is 11.5. The Morgan fingerprint density at radius 1 is 1.29 bits per heavy atom. The molecule has 0 amide bonds. The van der Waals surface area contributed by atoms with Crippen molar-refractivity contribution in [3.8, 4) is 0 Å². The number of ether oxygens (including phenoxy) is 1. The third kappa shape index (κ3) is 3.30. The highest BCUT2D eigenvalue weighted by atomic mass is 16.5. The quantitative estimate of drug-likeness (QED) is 0.905. The van der Waals surface area contributed by atoms with Gasteiger partial charge in [-0.1, -0.05) is 20.8 Å². The van der Waals surface area contributed by atoms with Crippen LogP contribution in [0, 0.1) is 0 Å². The van der Waals surface area contributed by atoms with Gasteiger partial charge in [-0.2, -0.15) is 0 Å². The van der Waals surface area contributed by atoms with Gasteiger partial charge in [-0.3, -0.25) is 4.90 Å². The molecule has 1 atom stereocenters. The van der Waals surface area contributed by atoms with Gasteiger partial charge in [0, 0.05) is 18.0 Å². The van der Waals surface area contributed by atoms with Crippen LogP contribution in [-0.2, 0) is 10.2 Å². The molecule has 1 aromatic rings. The van der Waals surface area contributed by atoms with Crippen molar-refractivity contribution < 1.29 is 9.15 Å². The number of morpholine rings is 1. The van der Waals surface area contributed by atoms with Crippen molar-refractivity contribution in [1.29, 1.82) is 0 Å². The first-order chi connectivity index (χ1) is 10.1. The average molecular weight is 293 g/mol. The first-order valence-corrected chi connectivity index (χ1v) is 8.06. The summed E-state index contributed by atoms with van der Waals surface area (Å²) in [5, 5.41) is 3.44. The van der Waals surface area contributed by atoms with Gasteiger partial charge in [0.15, 0.2) is 0 Å². The summed E-state index contributed by atoms with van der Waals surface area (Å²) >= 11 is 0. The third-order valence-electron chi connectivity index (χ3n) is 4.52. The number of hydrogen-bond acceptors (Lipinski definition) is 5. The first kappa shape index (κ1) is 15.0. The van der Waals surface area contributed by atoms with E-state index >= 15 is 0 Å². The van der Waals surface area contributed by atoms with Crippen LogP contribution in [-0.4, -0.2) is 48.8 Å². The maximum atomic E-state index is 5.80. The SMILES string of the molecule is CC(C)(C)c1coc(C2COCCN2C2CCNCC2)n1. The van der Waals surface area contributed by atoms with Crippen LogP contribution in [0.3, 0.4) is 0 Å². The zero-order valence-electron chi connectivity index (χ0n) is 13.4. The molecule has 0 saturated carbocycles. The summed E-state index contributed by atoms with van der Waals surface area (Å²) in [5.74, 6) is 0.818. The van der Waals surface area contributed by atoms with Crippen molar-refractivity contribution in [3.63, 3.8) is 0 Å². The molecule has 5 nitrogen and oxygen atoms in total. The van der Waals surface area contributed by atoms with Gasteiger partial charge >= 0.3 is 0 Å². The molecular formula is C16H27N3O2. The van der Waals surface area contributed by atoms with Crippen LogP contribution in [0.4, 0.5) is 0 Å². The number of rotatable bonds is 2. The molecule has 2 aliphatic heterocycles. The largest absolute Gasteiger partial charge is 0.447 e. The van der Waals surface area contributed by atoms with Crippen LogP contribution in [0.1, 0.15) is 51.2 Å². The van der Waals surface area contributed by atoms with Crippen LogP contribution in [0.25, 0.3) is 0 Å². The predicted octanol–water partition coefficient (Wildman–Crippen LogP) is 2.10. The molecule has 1 N–H and O–H groups in total. The fraction of sp³-hybridized carbons (Fsp3) is 0.812. The van der Waals surface area contributed by atoms with Crippen LogP contribution >= 0.6 is 0 Å². The number of piperidine rings is 1. The van der Waals surface area contributed by atoms with E-state index in [0.717, 1.165) is 37.8 Å². The number of oxazole rings is 1. The summed E-state index contributed by atoms with van der Waals surface area (Å²) in [5.41, 5.74) is 1.05. The van der Waals surface area contributed by atoms with Gasteiger partial charge in [0.2, 0.25) is 5.89 Å². The highest BCUT2D eigenvalue weighted by molar-refractivity contribution is 5.10. The lowest BCUT2D eigenvalue weighted by Gasteiger charge is -2.41. The summed E-state index contributed by atoms with van der Waals surface area (Å²) in [6.07, 6.45) is 4.21. The standard InChI is InChI=1S/C16H27N3O2/c1-16(2,3)14-11-21-15(18-14)13-10-20-9-8-19(13)12-4-6-17-7-5-12/h11-13,17H,4-10H2,1-3H3. The highest BCUT2D eigenvalue weighted by Gasteiger charge is 2.34. The van der Waals surface area contributed by atoms with Crippen molar-refractivity contribution in [2.75, 3.05) is 32.8 Å². The van der Waals surface area contributed by atoms with Crippen molar-refractivity contribution in [3.05, 3.63) is 17.8 Å². The minimum Gasteiger partial charge on any atom is -0.447 e. The molecule has 2 saturated heterocycles. The molecular weight excluding hydrogens is 266 g/mol. The number of hydrogen-bond donors (Lipinski definition) is 1. The van der Waals surface area contributed by atoms with Gasteiger partial charge in [0.25, 0.3) is 0 Å². The number of aromatic nitrogens is 1. The van der Waals surface area contributed by atoms with Gasteiger partial charge in [-0.25, -0.2) is 4.98 Å². The van der Waals surface area contributed by atoms with E-state index in [1.807, 2.05) is 6.26 Å². The highest BCUT2D eigenvalue weighted by Crippen LogP contribution is 2.30. The minimum absolute atomic E-state index is 0.0247. The van der Waals surface area contributed by atoms with E-state index in [0.29, 0.717) is 12.6 Å². The molecule has 0 aromatic carbocycles. The topological polar surface area (TPSA) is 50.5 Å². The van der Waals surface area contributed by atoms with Crippen LogP contribution < -0.4 is 5.32 Å². The normalized spacial score (nSPS) is 26.1. The Morgan fingerprint density at radius 2 is 2.05 bits per heavy atom. The molecule has 2 fully saturated rings. The van der Waals surface area contributed by atoms with Gasteiger partial charge in [0.1, 0.15) is 12.3 Å². The maximum absolute atomic E-state index is 5.80. The number of nitrogens with one attached hydrogen (secondary N) is 1. The minimum atomic E-state index is 0.0247. The van der Waals surface area contributed by atoms with Crippen LogP contribution in [0.15, 0.2) is 10.7 Å². The fourth-order valence-corrected chi connectivity index (χ4v) is 3.19. The molecule has 3 heterocycles. The number of nitrogens with zero attached hydrogens (tertiary/aromatic N) is 2. The van der Waals surface area contributed by atoms with E-state index in [4.69, 9.17) is 14.1 Å². The zero-order chi connectivity index (χ0) is 14.9. The van der Waals surface area contributed by atoms with Gasteiger partial charge in [-0.15, -0.1) is 0 Å². The molecule has 3 rings (SSSR count). The molecule has 0 aliphatic carbocycles. The van der Waals surface area contributed by atoms with E-state index in [2.05, 4.69) is 31.0 Å².